The Kier molecular flexibility index (Phi) is 3.56. The summed E-state index contributed by atoms with van der Waals surface area (Å²) in [5, 5.41) is 10.4. The van der Waals surface area contributed by atoms with Crippen LogP contribution in [0.1, 0.15) is 19.3 Å². The third-order valence-corrected chi connectivity index (χ3v) is 4.53. The molecule has 1 heterocycles. The minimum atomic E-state index is -0.0697. The van der Waals surface area contributed by atoms with Crippen molar-refractivity contribution in [1.29, 1.82) is 0 Å². The normalized spacial score (nSPS) is 16.9. The van der Waals surface area contributed by atoms with E-state index >= 15 is 0 Å². The summed E-state index contributed by atoms with van der Waals surface area (Å²) in [6, 6.07) is 7.59. The molecule has 0 aliphatic heterocycles. The number of rotatable bonds is 4. The molecule has 0 spiro atoms. The predicted molar refractivity (Wildman–Crippen MR) is 82.7 cm³/mol. The van der Waals surface area contributed by atoms with Crippen LogP contribution in [0, 0.1) is 5.41 Å². The molecule has 2 aromatic rings. The number of pyridine rings is 1. The smallest absolute Gasteiger partial charge is 0.132 e. The highest BCUT2D eigenvalue weighted by atomic mass is 79.9. The Hall–Kier alpha value is -1.33. The lowest BCUT2D eigenvalue weighted by molar-refractivity contribution is 0.000553. The number of nitrogens with two attached hydrogens (primary N) is 1. The zero-order valence-corrected chi connectivity index (χ0v) is 12.7. The number of fused-ring (bicyclic) bond motifs is 1. The van der Waals surface area contributed by atoms with Crippen LogP contribution in [-0.2, 0) is 0 Å². The highest BCUT2D eigenvalue weighted by Gasteiger charge is 2.37. The molecule has 20 heavy (non-hydrogen) atoms. The molecular formula is C15H17BrN2O2. The van der Waals surface area contributed by atoms with Crippen molar-refractivity contribution in [3.63, 3.8) is 0 Å². The molecule has 106 valence electrons. The molecule has 1 aromatic carbocycles. The Morgan fingerprint density at radius 2 is 2.15 bits per heavy atom. The van der Waals surface area contributed by atoms with Crippen LogP contribution in [0.3, 0.4) is 0 Å². The van der Waals surface area contributed by atoms with Gasteiger partial charge in [-0.15, -0.1) is 0 Å². The molecule has 0 unspecified atom stereocenters. The average Bonchev–Trinajstić information content (AvgIpc) is 2.37. The molecule has 1 saturated carbocycles. The molecule has 0 amide bonds. The molecule has 1 aliphatic carbocycles. The van der Waals surface area contributed by atoms with Gasteiger partial charge in [-0.25, -0.2) is 4.98 Å². The standard InChI is InChI=1S/C15H17BrN2O2/c16-10-2-3-11-12(6-10)18-14(17)7-13(11)20-9-15(8-19)4-1-5-15/h2-3,6-7,19H,1,4-5,8-9H2,(H2,17,18). The van der Waals surface area contributed by atoms with Crippen molar-refractivity contribution in [1.82, 2.24) is 4.98 Å². The highest BCUT2D eigenvalue weighted by Crippen LogP contribution is 2.41. The molecular weight excluding hydrogens is 320 g/mol. The summed E-state index contributed by atoms with van der Waals surface area (Å²) in [6.07, 6.45) is 3.21. The predicted octanol–water partition coefficient (Wildman–Crippen LogP) is 3.12. The minimum absolute atomic E-state index is 0.0697. The molecule has 5 heteroatoms. The second-order valence-corrected chi connectivity index (χ2v) is 6.42. The van der Waals surface area contributed by atoms with Gasteiger partial charge in [0.25, 0.3) is 0 Å². The maximum atomic E-state index is 9.50. The van der Waals surface area contributed by atoms with Crippen LogP contribution in [0.4, 0.5) is 5.82 Å². The lowest BCUT2D eigenvalue weighted by atomic mass is 9.70. The van der Waals surface area contributed by atoms with Crippen molar-refractivity contribution in [2.45, 2.75) is 19.3 Å². The van der Waals surface area contributed by atoms with Crippen LogP contribution in [-0.4, -0.2) is 23.3 Å². The number of hydrogen-bond acceptors (Lipinski definition) is 4. The van der Waals surface area contributed by atoms with Crippen LogP contribution >= 0.6 is 15.9 Å². The van der Waals surface area contributed by atoms with E-state index in [0.717, 1.165) is 40.4 Å². The molecule has 3 N–H and O–H groups in total. The van der Waals surface area contributed by atoms with Gasteiger partial charge in [0.1, 0.15) is 11.6 Å². The van der Waals surface area contributed by atoms with E-state index in [0.29, 0.717) is 12.4 Å². The van der Waals surface area contributed by atoms with Crippen LogP contribution in [0.25, 0.3) is 10.9 Å². The Labute approximate surface area is 126 Å². The van der Waals surface area contributed by atoms with Gasteiger partial charge < -0.3 is 15.6 Å². The zero-order valence-electron chi connectivity index (χ0n) is 11.1. The average molecular weight is 337 g/mol. The van der Waals surface area contributed by atoms with Crippen LogP contribution < -0.4 is 10.5 Å². The van der Waals surface area contributed by atoms with Crippen molar-refractivity contribution in [2.75, 3.05) is 18.9 Å². The first-order chi connectivity index (χ1) is 9.62. The van der Waals surface area contributed by atoms with Crippen molar-refractivity contribution in [3.05, 3.63) is 28.7 Å². The Bertz CT molecular complexity index is 630. The maximum absolute atomic E-state index is 9.50. The number of ether oxygens (including phenoxy) is 1. The summed E-state index contributed by atoms with van der Waals surface area (Å²) in [6.45, 7) is 0.704. The van der Waals surface area contributed by atoms with E-state index in [1.165, 1.54) is 0 Å². The molecule has 1 aliphatic rings. The van der Waals surface area contributed by atoms with E-state index in [2.05, 4.69) is 20.9 Å². The number of nitrogens with zero attached hydrogens (tertiary/aromatic N) is 1. The maximum Gasteiger partial charge on any atom is 0.132 e. The van der Waals surface area contributed by atoms with E-state index in [-0.39, 0.29) is 12.0 Å². The largest absolute Gasteiger partial charge is 0.492 e. The Balaban J connectivity index is 1.90. The third-order valence-electron chi connectivity index (χ3n) is 4.04. The van der Waals surface area contributed by atoms with E-state index in [4.69, 9.17) is 10.5 Å². The number of benzene rings is 1. The fraction of sp³-hybridized carbons (Fsp3) is 0.400. The highest BCUT2D eigenvalue weighted by molar-refractivity contribution is 9.10. The second-order valence-electron chi connectivity index (χ2n) is 5.51. The second kappa shape index (κ2) is 5.22. The summed E-state index contributed by atoms with van der Waals surface area (Å²) in [4.78, 5) is 4.31. The van der Waals surface area contributed by atoms with Gasteiger partial charge in [-0.1, -0.05) is 22.4 Å². The van der Waals surface area contributed by atoms with Gasteiger partial charge in [-0.3, -0.25) is 0 Å². The number of halogens is 1. The number of aromatic nitrogens is 1. The summed E-state index contributed by atoms with van der Waals surface area (Å²) in [7, 11) is 0. The number of aliphatic hydroxyl groups is 1. The van der Waals surface area contributed by atoms with Gasteiger partial charge in [0.15, 0.2) is 0 Å². The van der Waals surface area contributed by atoms with Crippen molar-refractivity contribution >= 4 is 32.7 Å². The van der Waals surface area contributed by atoms with E-state index in [9.17, 15) is 5.11 Å². The van der Waals surface area contributed by atoms with Crippen molar-refractivity contribution in [2.24, 2.45) is 5.41 Å². The molecule has 1 fully saturated rings. The van der Waals surface area contributed by atoms with Gasteiger partial charge in [-0.05, 0) is 31.0 Å². The van der Waals surface area contributed by atoms with E-state index < -0.39 is 0 Å². The van der Waals surface area contributed by atoms with Crippen molar-refractivity contribution < 1.29 is 9.84 Å². The number of anilines is 1. The zero-order chi connectivity index (χ0) is 14.2. The molecule has 3 rings (SSSR count). The monoisotopic (exact) mass is 336 g/mol. The first-order valence-corrected chi connectivity index (χ1v) is 7.51. The first kappa shape index (κ1) is 13.6. The lowest BCUT2D eigenvalue weighted by Crippen LogP contribution is -2.39. The van der Waals surface area contributed by atoms with Crippen LogP contribution in [0.5, 0.6) is 5.75 Å². The lowest BCUT2D eigenvalue weighted by Gasteiger charge is -2.39. The summed E-state index contributed by atoms with van der Waals surface area (Å²) >= 11 is 3.43. The number of nitrogen functional groups attached to an aromatic ring is 1. The molecule has 0 atom stereocenters. The quantitative estimate of drug-likeness (QED) is 0.899. The topological polar surface area (TPSA) is 68.4 Å². The summed E-state index contributed by atoms with van der Waals surface area (Å²) in [5.74, 6) is 1.18. The molecule has 4 nitrogen and oxygen atoms in total. The van der Waals surface area contributed by atoms with Gasteiger partial charge in [0.05, 0.1) is 18.7 Å². The van der Waals surface area contributed by atoms with Gasteiger partial charge in [0.2, 0.25) is 0 Å². The van der Waals surface area contributed by atoms with Gasteiger partial charge in [0, 0.05) is 21.3 Å². The van der Waals surface area contributed by atoms with Crippen LogP contribution in [0.15, 0.2) is 28.7 Å². The minimum Gasteiger partial charge on any atom is -0.492 e. The summed E-state index contributed by atoms with van der Waals surface area (Å²) in [5.41, 5.74) is 6.57. The van der Waals surface area contributed by atoms with Crippen molar-refractivity contribution in [3.8, 4) is 5.75 Å². The Morgan fingerprint density at radius 3 is 2.80 bits per heavy atom. The first-order valence-electron chi connectivity index (χ1n) is 6.71. The molecule has 0 saturated heterocycles. The van der Waals surface area contributed by atoms with Gasteiger partial charge >= 0.3 is 0 Å². The fourth-order valence-electron chi connectivity index (χ4n) is 2.56. The van der Waals surface area contributed by atoms with E-state index in [1.807, 2.05) is 18.2 Å². The van der Waals surface area contributed by atoms with Gasteiger partial charge in [-0.2, -0.15) is 0 Å². The fourth-order valence-corrected chi connectivity index (χ4v) is 2.91. The molecule has 1 aromatic heterocycles. The van der Waals surface area contributed by atoms with Crippen LogP contribution in [0.2, 0.25) is 0 Å². The third kappa shape index (κ3) is 2.47. The summed E-state index contributed by atoms with van der Waals surface area (Å²) < 4.78 is 6.90. The number of aliphatic hydroxyl groups excluding tert-OH is 1. The molecule has 0 bridgehead atoms. The Morgan fingerprint density at radius 1 is 1.35 bits per heavy atom. The van der Waals surface area contributed by atoms with E-state index in [1.54, 1.807) is 6.07 Å². The number of hydrogen-bond donors (Lipinski definition) is 2. The SMILES string of the molecule is Nc1cc(OCC2(CO)CCC2)c2ccc(Br)cc2n1. The molecule has 0 radical (unpaired) electrons.